The zero-order valence-electron chi connectivity index (χ0n) is 23.8. The largest absolute Gasteiger partial charge is 0.493 e. The maximum Gasteiger partial charge on any atom is 0.330 e. The Hall–Kier alpha value is -4.32. The Morgan fingerprint density at radius 2 is 1.10 bits per heavy atom. The van der Waals surface area contributed by atoms with Crippen molar-refractivity contribution in [2.75, 3.05) is 13.2 Å². The van der Waals surface area contributed by atoms with Crippen molar-refractivity contribution in [3.05, 3.63) is 120 Å². The fraction of sp³-hybridized carbons (Fsp3) is 0.314. The van der Waals surface area contributed by atoms with E-state index in [0.717, 1.165) is 24.3 Å². The van der Waals surface area contributed by atoms with Crippen molar-refractivity contribution in [1.29, 1.82) is 0 Å². The molecule has 4 rings (SSSR count). The maximum absolute atomic E-state index is 11.4. The molecule has 3 aromatic rings. The summed E-state index contributed by atoms with van der Waals surface area (Å²) in [6, 6.07) is 25.3. The van der Waals surface area contributed by atoms with Crippen molar-refractivity contribution in [3.8, 4) is 11.5 Å². The number of benzene rings is 3. The summed E-state index contributed by atoms with van der Waals surface area (Å²) in [5.74, 6) is 0.702. The van der Waals surface area contributed by atoms with Gasteiger partial charge < -0.3 is 18.9 Å². The van der Waals surface area contributed by atoms with E-state index in [-0.39, 0.29) is 17.6 Å². The summed E-state index contributed by atoms with van der Waals surface area (Å²) in [5.41, 5.74) is 4.96. The topological polar surface area (TPSA) is 71.1 Å². The fourth-order valence-electron chi connectivity index (χ4n) is 5.23. The highest BCUT2D eigenvalue weighted by molar-refractivity contribution is 5.81. The van der Waals surface area contributed by atoms with Crippen LogP contribution in [0.2, 0.25) is 0 Å². The molecule has 6 heteroatoms. The molecular weight excluding hydrogens is 516 g/mol. The van der Waals surface area contributed by atoms with Gasteiger partial charge in [0, 0.05) is 30.4 Å². The summed E-state index contributed by atoms with van der Waals surface area (Å²) >= 11 is 0. The van der Waals surface area contributed by atoms with Crippen LogP contribution in [0.1, 0.15) is 48.9 Å². The number of hydrogen-bond donors (Lipinski definition) is 0. The summed E-state index contributed by atoms with van der Waals surface area (Å²) in [5, 5.41) is 0. The zero-order valence-corrected chi connectivity index (χ0v) is 23.8. The number of fused-ring (bicyclic) bond motifs is 1. The summed E-state index contributed by atoms with van der Waals surface area (Å²) < 4.78 is 22.3. The van der Waals surface area contributed by atoms with Crippen LogP contribution in [0, 0.1) is 0 Å². The van der Waals surface area contributed by atoms with Gasteiger partial charge >= 0.3 is 11.9 Å². The molecule has 0 aliphatic heterocycles. The van der Waals surface area contributed by atoms with E-state index < -0.39 is 11.9 Å². The van der Waals surface area contributed by atoms with Gasteiger partial charge in [-0.15, -0.1) is 0 Å². The van der Waals surface area contributed by atoms with Gasteiger partial charge in [-0.25, -0.2) is 9.59 Å². The molecule has 6 nitrogen and oxygen atoms in total. The van der Waals surface area contributed by atoms with Crippen LogP contribution in [0.5, 0.6) is 11.5 Å². The van der Waals surface area contributed by atoms with E-state index in [1.807, 2.05) is 38.1 Å². The molecule has 41 heavy (non-hydrogen) atoms. The molecule has 0 N–H and O–H groups in total. The van der Waals surface area contributed by atoms with Crippen molar-refractivity contribution in [3.63, 3.8) is 0 Å². The quantitative estimate of drug-likeness (QED) is 0.166. The molecule has 1 aliphatic rings. The predicted octanol–water partition coefficient (Wildman–Crippen LogP) is 6.54. The average Bonchev–Trinajstić information content (AvgIpc) is 3.38. The third kappa shape index (κ3) is 7.66. The van der Waals surface area contributed by atoms with E-state index in [4.69, 9.17) is 18.9 Å². The lowest BCUT2D eigenvalue weighted by Gasteiger charge is -2.31. The van der Waals surface area contributed by atoms with Gasteiger partial charge in [0.25, 0.3) is 0 Å². The van der Waals surface area contributed by atoms with Crippen LogP contribution in [0.15, 0.2) is 98.1 Å². The van der Waals surface area contributed by atoms with E-state index in [1.54, 1.807) is 0 Å². The number of ether oxygens (including phenoxy) is 4. The number of esters is 2. The van der Waals surface area contributed by atoms with E-state index in [0.29, 0.717) is 26.1 Å². The SMILES string of the molecule is C=CC(=O)OC(C)CCOc1ccc(C2(c3ccc(OCCC(C)OC(=O)C=C)cc3)Cc3ccccc3C2)cc1. The second-order valence-corrected chi connectivity index (χ2v) is 10.4. The first-order chi connectivity index (χ1) is 19.8. The first kappa shape index (κ1) is 29.7. The molecule has 2 unspecified atom stereocenters. The normalized spacial score (nSPS) is 14.7. The molecule has 0 saturated heterocycles. The van der Waals surface area contributed by atoms with Crippen LogP contribution in [-0.2, 0) is 37.3 Å². The Morgan fingerprint density at radius 3 is 1.46 bits per heavy atom. The highest BCUT2D eigenvalue weighted by Gasteiger charge is 2.40. The Balaban J connectivity index is 1.45. The van der Waals surface area contributed by atoms with Gasteiger partial charge in [0.05, 0.1) is 13.2 Å². The van der Waals surface area contributed by atoms with Crippen LogP contribution >= 0.6 is 0 Å². The van der Waals surface area contributed by atoms with Crippen molar-refractivity contribution >= 4 is 11.9 Å². The molecule has 0 heterocycles. The monoisotopic (exact) mass is 554 g/mol. The second kappa shape index (κ2) is 13.8. The lowest BCUT2D eigenvalue weighted by molar-refractivity contribution is -0.143. The minimum absolute atomic E-state index is 0.207. The second-order valence-electron chi connectivity index (χ2n) is 10.4. The lowest BCUT2D eigenvalue weighted by Crippen LogP contribution is -2.28. The van der Waals surface area contributed by atoms with Gasteiger partial charge in [-0.2, -0.15) is 0 Å². The minimum Gasteiger partial charge on any atom is -0.493 e. The average molecular weight is 555 g/mol. The Labute approximate surface area is 242 Å². The van der Waals surface area contributed by atoms with Gasteiger partial charge in [0.15, 0.2) is 0 Å². The molecule has 2 atom stereocenters. The van der Waals surface area contributed by atoms with Gasteiger partial charge in [0.1, 0.15) is 23.7 Å². The molecule has 214 valence electrons. The smallest absolute Gasteiger partial charge is 0.330 e. The van der Waals surface area contributed by atoms with Crippen molar-refractivity contribution < 1.29 is 28.5 Å². The standard InChI is InChI=1S/C35H38O6/c1-5-33(36)40-25(3)19-21-38-31-15-11-29(12-16-31)35(23-27-9-7-8-10-28(27)24-35)30-13-17-32(18-14-30)39-22-20-26(4)41-34(37)6-2/h5-18,25-26H,1-2,19-24H2,3-4H3. The van der Waals surface area contributed by atoms with Crippen molar-refractivity contribution in [2.24, 2.45) is 0 Å². The van der Waals surface area contributed by atoms with E-state index in [1.165, 1.54) is 34.4 Å². The van der Waals surface area contributed by atoms with Crippen LogP contribution < -0.4 is 9.47 Å². The summed E-state index contributed by atoms with van der Waals surface area (Å²) in [6.45, 7) is 11.4. The number of rotatable bonds is 14. The molecule has 0 radical (unpaired) electrons. The first-order valence-corrected chi connectivity index (χ1v) is 14.0. The lowest BCUT2D eigenvalue weighted by atomic mass is 9.72. The summed E-state index contributed by atoms with van der Waals surface area (Å²) in [4.78, 5) is 22.7. The Bertz CT molecular complexity index is 1240. The number of hydrogen-bond acceptors (Lipinski definition) is 6. The molecule has 0 saturated carbocycles. The van der Waals surface area contributed by atoms with Gasteiger partial charge in [-0.05, 0) is 73.2 Å². The number of carbonyl (C=O) groups is 2. The zero-order chi connectivity index (χ0) is 29.2. The van der Waals surface area contributed by atoms with E-state index in [9.17, 15) is 9.59 Å². The number of carbonyl (C=O) groups excluding carboxylic acids is 2. The highest BCUT2D eigenvalue weighted by Crippen LogP contribution is 2.45. The molecule has 3 aromatic carbocycles. The molecule has 1 aliphatic carbocycles. The molecule has 0 aromatic heterocycles. The minimum atomic E-state index is -0.426. The molecule has 0 spiro atoms. The molecular formula is C35H38O6. The Morgan fingerprint density at radius 1 is 0.707 bits per heavy atom. The Kier molecular flexibility index (Phi) is 10.0. The van der Waals surface area contributed by atoms with Gasteiger partial charge in [-0.3, -0.25) is 0 Å². The summed E-state index contributed by atoms with van der Waals surface area (Å²) in [7, 11) is 0. The van der Waals surface area contributed by atoms with Crippen molar-refractivity contribution in [1.82, 2.24) is 0 Å². The van der Waals surface area contributed by atoms with Crippen molar-refractivity contribution in [2.45, 2.75) is 57.2 Å². The van der Waals surface area contributed by atoms with E-state index in [2.05, 4.69) is 61.7 Å². The highest BCUT2D eigenvalue weighted by atomic mass is 16.5. The van der Waals surface area contributed by atoms with Gasteiger partial charge in [-0.1, -0.05) is 61.7 Å². The molecule has 0 fully saturated rings. The third-order valence-electron chi connectivity index (χ3n) is 7.47. The van der Waals surface area contributed by atoms with Crippen LogP contribution in [0.25, 0.3) is 0 Å². The van der Waals surface area contributed by atoms with Crippen LogP contribution in [-0.4, -0.2) is 37.4 Å². The maximum atomic E-state index is 11.4. The van der Waals surface area contributed by atoms with Gasteiger partial charge in [0.2, 0.25) is 0 Å². The predicted molar refractivity (Wildman–Crippen MR) is 159 cm³/mol. The molecule has 0 bridgehead atoms. The van der Waals surface area contributed by atoms with E-state index >= 15 is 0 Å². The first-order valence-electron chi connectivity index (χ1n) is 14.0. The van der Waals surface area contributed by atoms with Crippen LogP contribution in [0.4, 0.5) is 0 Å². The summed E-state index contributed by atoms with van der Waals surface area (Å²) in [6.07, 6.45) is 4.84. The fourth-order valence-corrected chi connectivity index (χ4v) is 5.23. The van der Waals surface area contributed by atoms with Crippen LogP contribution in [0.3, 0.4) is 0 Å². The third-order valence-corrected chi connectivity index (χ3v) is 7.47. The molecule has 0 amide bonds.